The van der Waals surface area contributed by atoms with Crippen LogP contribution in [0.25, 0.3) is 10.9 Å². The fourth-order valence-electron chi connectivity index (χ4n) is 1.92. The maximum absolute atomic E-state index is 11.5. The van der Waals surface area contributed by atoms with E-state index in [4.69, 9.17) is 4.74 Å². The number of carbonyl (C=O) groups is 1. The summed E-state index contributed by atoms with van der Waals surface area (Å²) in [7, 11) is 0. The molecule has 5 nitrogen and oxygen atoms in total. The van der Waals surface area contributed by atoms with E-state index in [0.717, 1.165) is 4.88 Å². The molecule has 1 N–H and O–H groups in total. The van der Waals surface area contributed by atoms with Gasteiger partial charge in [-0.15, -0.1) is 11.3 Å². The van der Waals surface area contributed by atoms with Crippen LogP contribution in [0.15, 0.2) is 42.2 Å². The molecular weight excluding hydrogens is 276 g/mol. The van der Waals surface area contributed by atoms with Gasteiger partial charge in [0.1, 0.15) is 12.2 Å². The van der Waals surface area contributed by atoms with Gasteiger partial charge in [-0.2, -0.15) is 0 Å². The van der Waals surface area contributed by atoms with E-state index in [2.05, 4.69) is 9.97 Å². The molecule has 2 heterocycles. The monoisotopic (exact) mass is 286 g/mol. The lowest BCUT2D eigenvalue weighted by atomic mass is 10.1. The van der Waals surface area contributed by atoms with Crippen LogP contribution in [0.4, 0.5) is 0 Å². The molecule has 0 amide bonds. The Morgan fingerprint density at radius 1 is 1.30 bits per heavy atom. The minimum Gasteiger partial charge on any atom is -0.485 e. The van der Waals surface area contributed by atoms with Gasteiger partial charge in [-0.25, -0.2) is 4.79 Å². The molecule has 0 unspecified atom stereocenters. The summed E-state index contributed by atoms with van der Waals surface area (Å²) in [6, 6.07) is 7.10. The Morgan fingerprint density at radius 2 is 2.15 bits per heavy atom. The SMILES string of the molecule is O=C(O)c1c(OCc2cncs2)cnc2ccccc12. The molecule has 0 fully saturated rings. The number of hydrogen-bond donors (Lipinski definition) is 1. The van der Waals surface area contributed by atoms with Crippen molar-refractivity contribution in [3.63, 3.8) is 0 Å². The number of nitrogens with zero attached hydrogens (tertiary/aromatic N) is 2. The Labute approximate surface area is 118 Å². The molecule has 0 bridgehead atoms. The molecule has 0 radical (unpaired) electrons. The molecular formula is C14H10N2O3S. The van der Waals surface area contributed by atoms with Crippen molar-refractivity contribution in [2.45, 2.75) is 6.61 Å². The first-order valence-corrected chi connectivity index (χ1v) is 6.75. The van der Waals surface area contributed by atoms with Crippen molar-refractivity contribution in [3.05, 3.63) is 52.6 Å². The molecule has 3 rings (SSSR count). The van der Waals surface area contributed by atoms with Crippen molar-refractivity contribution in [3.8, 4) is 5.75 Å². The largest absolute Gasteiger partial charge is 0.485 e. The van der Waals surface area contributed by atoms with Gasteiger partial charge in [0, 0.05) is 11.6 Å². The highest BCUT2D eigenvalue weighted by Gasteiger charge is 2.16. The highest BCUT2D eigenvalue weighted by atomic mass is 32.1. The molecule has 6 heteroatoms. The zero-order valence-corrected chi connectivity index (χ0v) is 11.1. The van der Waals surface area contributed by atoms with E-state index in [-0.39, 0.29) is 17.9 Å². The highest BCUT2D eigenvalue weighted by Crippen LogP contribution is 2.27. The van der Waals surface area contributed by atoms with E-state index in [1.165, 1.54) is 17.5 Å². The molecule has 0 saturated heterocycles. The smallest absolute Gasteiger partial charge is 0.340 e. The molecule has 0 saturated carbocycles. The topological polar surface area (TPSA) is 72.3 Å². The normalized spacial score (nSPS) is 10.6. The summed E-state index contributed by atoms with van der Waals surface area (Å²) >= 11 is 1.46. The molecule has 0 spiro atoms. The van der Waals surface area contributed by atoms with Crippen LogP contribution in [0.1, 0.15) is 15.2 Å². The zero-order valence-electron chi connectivity index (χ0n) is 10.3. The average molecular weight is 286 g/mol. The molecule has 0 aliphatic heterocycles. The number of aromatic carboxylic acids is 1. The highest BCUT2D eigenvalue weighted by molar-refractivity contribution is 7.09. The minimum absolute atomic E-state index is 0.139. The lowest BCUT2D eigenvalue weighted by molar-refractivity contribution is 0.0694. The third-order valence-electron chi connectivity index (χ3n) is 2.81. The third-order valence-corrected chi connectivity index (χ3v) is 3.56. The Morgan fingerprint density at radius 3 is 2.90 bits per heavy atom. The minimum atomic E-state index is -1.03. The van der Waals surface area contributed by atoms with Crippen molar-refractivity contribution in [1.29, 1.82) is 0 Å². The van der Waals surface area contributed by atoms with Gasteiger partial charge >= 0.3 is 5.97 Å². The van der Waals surface area contributed by atoms with Gasteiger partial charge in [0.2, 0.25) is 0 Å². The molecule has 20 heavy (non-hydrogen) atoms. The van der Waals surface area contributed by atoms with Crippen LogP contribution in [-0.4, -0.2) is 21.0 Å². The maximum atomic E-state index is 11.5. The zero-order chi connectivity index (χ0) is 13.9. The number of aromatic nitrogens is 2. The number of benzene rings is 1. The van der Waals surface area contributed by atoms with Gasteiger partial charge in [0.05, 0.1) is 22.1 Å². The Balaban J connectivity index is 2.01. The van der Waals surface area contributed by atoms with Crippen LogP contribution in [-0.2, 0) is 6.61 Å². The number of carboxylic acids is 1. The van der Waals surface area contributed by atoms with E-state index in [9.17, 15) is 9.90 Å². The fourth-order valence-corrected chi connectivity index (χ4v) is 2.42. The van der Waals surface area contributed by atoms with Crippen molar-refractivity contribution in [2.75, 3.05) is 0 Å². The number of ether oxygens (including phenoxy) is 1. The number of rotatable bonds is 4. The van der Waals surface area contributed by atoms with E-state index in [1.807, 2.05) is 6.07 Å². The van der Waals surface area contributed by atoms with Gasteiger partial charge in [-0.3, -0.25) is 9.97 Å². The average Bonchev–Trinajstić information content (AvgIpc) is 2.97. The summed E-state index contributed by atoms with van der Waals surface area (Å²) in [5.41, 5.74) is 2.48. The molecule has 0 aliphatic carbocycles. The van der Waals surface area contributed by atoms with Crippen molar-refractivity contribution in [2.24, 2.45) is 0 Å². The van der Waals surface area contributed by atoms with Gasteiger partial charge in [-0.05, 0) is 6.07 Å². The van der Waals surface area contributed by atoms with Crippen LogP contribution < -0.4 is 4.74 Å². The Bertz CT molecular complexity index is 756. The molecule has 0 aliphatic rings. The van der Waals surface area contributed by atoms with Gasteiger partial charge in [0.25, 0.3) is 0 Å². The summed E-state index contributed by atoms with van der Waals surface area (Å²) in [4.78, 5) is 20.6. The van der Waals surface area contributed by atoms with Crippen LogP contribution in [0.5, 0.6) is 5.75 Å². The number of para-hydroxylation sites is 1. The van der Waals surface area contributed by atoms with Crippen LogP contribution in [0, 0.1) is 0 Å². The van der Waals surface area contributed by atoms with Crippen LogP contribution >= 0.6 is 11.3 Å². The van der Waals surface area contributed by atoms with E-state index < -0.39 is 5.97 Å². The number of pyridine rings is 1. The number of thiazole rings is 1. The summed E-state index contributed by atoms with van der Waals surface area (Å²) in [5, 5.41) is 9.97. The Kier molecular flexibility index (Phi) is 3.30. The van der Waals surface area contributed by atoms with Gasteiger partial charge < -0.3 is 9.84 Å². The Hall–Kier alpha value is -2.47. The third kappa shape index (κ3) is 2.33. The number of fused-ring (bicyclic) bond motifs is 1. The van der Waals surface area contributed by atoms with E-state index >= 15 is 0 Å². The molecule has 3 aromatic rings. The van der Waals surface area contributed by atoms with Crippen molar-refractivity contribution >= 4 is 28.2 Å². The maximum Gasteiger partial charge on any atom is 0.340 e. The van der Waals surface area contributed by atoms with Crippen LogP contribution in [0.3, 0.4) is 0 Å². The molecule has 1 aromatic carbocycles. The predicted molar refractivity (Wildman–Crippen MR) is 75.1 cm³/mol. The molecule has 100 valence electrons. The number of hydrogen-bond acceptors (Lipinski definition) is 5. The first kappa shape index (κ1) is 12.6. The number of carboxylic acid groups (broad SMARTS) is 1. The summed E-state index contributed by atoms with van der Waals surface area (Å²) in [6.07, 6.45) is 3.15. The summed E-state index contributed by atoms with van der Waals surface area (Å²) in [6.45, 7) is 0.283. The van der Waals surface area contributed by atoms with Gasteiger partial charge in [0.15, 0.2) is 5.75 Å². The van der Waals surface area contributed by atoms with E-state index in [1.54, 1.807) is 29.9 Å². The predicted octanol–water partition coefficient (Wildman–Crippen LogP) is 2.97. The van der Waals surface area contributed by atoms with Crippen molar-refractivity contribution in [1.82, 2.24) is 9.97 Å². The molecule has 0 atom stereocenters. The summed E-state index contributed by atoms with van der Waals surface area (Å²) < 4.78 is 5.58. The lowest BCUT2D eigenvalue weighted by Gasteiger charge is -2.10. The first-order valence-electron chi connectivity index (χ1n) is 5.87. The fraction of sp³-hybridized carbons (Fsp3) is 0.0714. The quantitative estimate of drug-likeness (QED) is 0.798. The lowest BCUT2D eigenvalue weighted by Crippen LogP contribution is -2.04. The van der Waals surface area contributed by atoms with Crippen LogP contribution in [0.2, 0.25) is 0 Å². The standard InChI is InChI=1S/C14H10N2O3S/c17-14(18)13-10-3-1-2-4-11(10)16-6-12(13)19-7-9-5-15-8-20-9/h1-6,8H,7H2,(H,17,18). The van der Waals surface area contributed by atoms with E-state index in [0.29, 0.717) is 10.9 Å². The van der Waals surface area contributed by atoms with Gasteiger partial charge in [-0.1, -0.05) is 18.2 Å². The molecule has 2 aromatic heterocycles. The second-order valence-electron chi connectivity index (χ2n) is 4.08. The summed E-state index contributed by atoms with van der Waals surface area (Å²) in [5.74, 6) is -0.757. The second kappa shape index (κ2) is 5.26. The second-order valence-corrected chi connectivity index (χ2v) is 5.05. The van der Waals surface area contributed by atoms with Crippen molar-refractivity contribution < 1.29 is 14.6 Å². The first-order chi connectivity index (χ1) is 9.75.